The molecule has 0 aliphatic carbocycles. The zero-order valence-electron chi connectivity index (χ0n) is 15.5. The number of ether oxygens (including phenoxy) is 2. The summed E-state index contributed by atoms with van der Waals surface area (Å²) in [6.45, 7) is 4.87. The van der Waals surface area contributed by atoms with Crippen LogP contribution < -0.4 is 10.1 Å². The monoisotopic (exact) mass is 388 g/mol. The van der Waals surface area contributed by atoms with Crippen molar-refractivity contribution in [3.63, 3.8) is 0 Å². The Morgan fingerprint density at radius 2 is 2.07 bits per heavy atom. The highest BCUT2D eigenvalue weighted by molar-refractivity contribution is 6.30. The predicted octanol–water partition coefficient (Wildman–Crippen LogP) is 4.03. The van der Waals surface area contributed by atoms with E-state index in [-0.39, 0.29) is 12.1 Å². The topological polar surface area (TPSA) is 50.8 Å². The molecule has 27 heavy (non-hydrogen) atoms. The molecule has 0 spiro atoms. The van der Waals surface area contributed by atoms with Crippen molar-refractivity contribution in [3.8, 4) is 5.75 Å². The number of hydrogen-bond acceptors (Lipinski definition) is 4. The van der Waals surface area contributed by atoms with Crippen molar-refractivity contribution in [1.29, 1.82) is 0 Å². The molecule has 0 radical (unpaired) electrons. The van der Waals surface area contributed by atoms with Crippen molar-refractivity contribution < 1.29 is 14.3 Å². The summed E-state index contributed by atoms with van der Waals surface area (Å²) in [5.74, 6) is 0.803. The normalized spacial score (nSPS) is 16.8. The number of carbonyl (C=O) groups excluding carboxylic acids is 1. The second kappa shape index (κ2) is 9.62. The van der Waals surface area contributed by atoms with Crippen LogP contribution in [0.25, 0.3) is 0 Å². The number of aryl methyl sites for hydroxylation is 1. The molecule has 3 rings (SSSR count). The third-order valence-electron chi connectivity index (χ3n) is 4.59. The molecule has 1 saturated heterocycles. The fourth-order valence-corrected chi connectivity index (χ4v) is 3.20. The zero-order valence-corrected chi connectivity index (χ0v) is 16.2. The zero-order chi connectivity index (χ0) is 19.1. The molecule has 2 aromatic rings. The van der Waals surface area contributed by atoms with Crippen molar-refractivity contribution in [3.05, 3.63) is 64.7 Å². The Kier molecular flexibility index (Phi) is 6.96. The van der Waals surface area contributed by atoms with Gasteiger partial charge in [-0.2, -0.15) is 0 Å². The number of carbonyl (C=O) groups is 1. The van der Waals surface area contributed by atoms with Gasteiger partial charge < -0.3 is 19.7 Å². The van der Waals surface area contributed by atoms with Crippen LogP contribution in [0.2, 0.25) is 5.02 Å². The maximum atomic E-state index is 12.3. The highest BCUT2D eigenvalue weighted by Crippen LogP contribution is 2.22. The lowest BCUT2D eigenvalue weighted by atomic mass is 10.1. The van der Waals surface area contributed by atoms with Gasteiger partial charge in [0.25, 0.3) is 0 Å². The molecule has 0 saturated carbocycles. The van der Waals surface area contributed by atoms with Gasteiger partial charge in [-0.25, -0.2) is 4.79 Å². The van der Waals surface area contributed by atoms with Crippen LogP contribution in [0.1, 0.15) is 17.5 Å². The molecular weight excluding hydrogens is 364 g/mol. The number of rotatable bonds is 6. The van der Waals surface area contributed by atoms with Crippen LogP contribution in [-0.4, -0.2) is 43.3 Å². The molecule has 1 fully saturated rings. The quantitative estimate of drug-likeness (QED) is 0.811. The van der Waals surface area contributed by atoms with E-state index in [0.717, 1.165) is 29.8 Å². The lowest BCUT2D eigenvalue weighted by Crippen LogP contribution is -2.53. The summed E-state index contributed by atoms with van der Waals surface area (Å²) in [5, 5.41) is 4.10. The van der Waals surface area contributed by atoms with Crippen LogP contribution in [0.5, 0.6) is 5.75 Å². The molecule has 5 nitrogen and oxygen atoms in total. The lowest BCUT2D eigenvalue weighted by molar-refractivity contribution is 0.0827. The summed E-state index contributed by atoms with van der Waals surface area (Å²) in [6.07, 6.45) is 0.533. The number of piperazine rings is 1. The Balaban J connectivity index is 1.43. The van der Waals surface area contributed by atoms with Gasteiger partial charge in [0.05, 0.1) is 6.61 Å². The second-order valence-electron chi connectivity index (χ2n) is 6.68. The van der Waals surface area contributed by atoms with Crippen molar-refractivity contribution in [2.45, 2.75) is 26.0 Å². The maximum Gasteiger partial charge on any atom is 0.410 e. The standard InChI is InChI=1S/C21H25ClN2O3/c1-16-7-8-18(22)13-20(16)26-12-9-19-14-24(11-10-23-19)21(25)27-15-17-5-3-2-4-6-17/h2-8,13,19,23H,9-12,14-15H2,1H3/t19-/m1/s1. The highest BCUT2D eigenvalue weighted by atomic mass is 35.5. The van der Waals surface area contributed by atoms with E-state index in [2.05, 4.69) is 5.32 Å². The largest absolute Gasteiger partial charge is 0.493 e. The first-order valence-corrected chi connectivity index (χ1v) is 9.57. The molecule has 1 atom stereocenters. The summed E-state index contributed by atoms with van der Waals surface area (Å²) in [7, 11) is 0. The molecule has 1 heterocycles. The van der Waals surface area contributed by atoms with E-state index in [1.807, 2.05) is 55.5 Å². The summed E-state index contributed by atoms with van der Waals surface area (Å²) >= 11 is 6.02. The molecule has 0 bridgehead atoms. The van der Waals surface area contributed by atoms with Gasteiger partial charge in [-0.15, -0.1) is 0 Å². The molecule has 1 amide bonds. The van der Waals surface area contributed by atoms with E-state index in [4.69, 9.17) is 21.1 Å². The molecule has 1 aliphatic heterocycles. The van der Waals surface area contributed by atoms with Crippen LogP contribution in [0.3, 0.4) is 0 Å². The minimum absolute atomic E-state index is 0.183. The van der Waals surface area contributed by atoms with Gasteiger partial charge in [0.15, 0.2) is 0 Å². The van der Waals surface area contributed by atoms with Crippen LogP contribution in [-0.2, 0) is 11.3 Å². The van der Waals surface area contributed by atoms with Gasteiger partial charge in [0, 0.05) is 30.7 Å². The highest BCUT2D eigenvalue weighted by Gasteiger charge is 2.24. The average molecular weight is 389 g/mol. The first-order valence-electron chi connectivity index (χ1n) is 9.20. The van der Waals surface area contributed by atoms with Crippen molar-refractivity contribution in [2.24, 2.45) is 0 Å². The smallest absolute Gasteiger partial charge is 0.410 e. The van der Waals surface area contributed by atoms with Gasteiger partial charge >= 0.3 is 6.09 Å². The van der Waals surface area contributed by atoms with Crippen molar-refractivity contribution >= 4 is 17.7 Å². The summed E-state index contributed by atoms with van der Waals surface area (Å²) in [4.78, 5) is 14.1. The Hall–Kier alpha value is -2.24. The molecular formula is C21H25ClN2O3. The predicted molar refractivity (Wildman–Crippen MR) is 106 cm³/mol. The molecule has 2 aromatic carbocycles. The third-order valence-corrected chi connectivity index (χ3v) is 4.83. The van der Waals surface area contributed by atoms with Crippen LogP contribution in [0.4, 0.5) is 4.79 Å². The lowest BCUT2D eigenvalue weighted by Gasteiger charge is -2.33. The van der Waals surface area contributed by atoms with Crippen molar-refractivity contribution in [2.75, 3.05) is 26.2 Å². The van der Waals surface area contributed by atoms with E-state index in [9.17, 15) is 4.79 Å². The molecule has 6 heteroatoms. The Morgan fingerprint density at radius 1 is 1.26 bits per heavy atom. The van der Waals surface area contributed by atoms with E-state index in [0.29, 0.717) is 31.3 Å². The SMILES string of the molecule is Cc1ccc(Cl)cc1OCC[C@@H]1CN(C(=O)OCc2ccccc2)CCN1. The summed E-state index contributed by atoms with van der Waals surface area (Å²) in [5.41, 5.74) is 2.05. The Bertz CT molecular complexity index is 754. The minimum Gasteiger partial charge on any atom is -0.493 e. The first-order chi connectivity index (χ1) is 13.1. The average Bonchev–Trinajstić information content (AvgIpc) is 2.70. The summed E-state index contributed by atoms with van der Waals surface area (Å²) < 4.78 is 11.3. The number of amides is 1. The van der Waals surface area contributed by atoms with Gasteiger partial charge in [0.1, 0.15) is 12.4 Å². The molecule has 1 aliphatic rings. The molecule has 144 valence electrons. The number of halogens is 1. The van der Waals surface area contributed by atoms with Gasteiger partial charge in [-0.3, -0.25) is 0 Å². The third kappa shape index (κ3) is 5.88. The minimum atomic E-state index is -0.267. The molecule has 0 aromatic heterocycles. The van der Waals surface area contributed by atoms with Crippen molar-refractivity contribution in [1.82, 2.24) is 10.2 Å². The van der Waals surface area contributed by atoms with Gasteiger partial charge in [-0.1, -0.05) is 48.0 Å². The fourth-order valence-electron chi connectivity index (χ4n) is 3.04. The van der Waals surface area contributed by atoms with E-state index in [1.165, 1.54) is 0 Å². The van der Waals surface area contributed by atoms with Gasteiger partial charge in [-0.05, 0) is 36.6 Å². The van der Waals surface area contributed by atoms with Crippen LogP contribution in [0.15, 0.2) is 48.5 Å². The Morgan fingerprint density at radius 3 is 2.89 bits per heavy atom. The first kappa shape index (κ1) is 19.5. The second-order valence-corrected chi connectivity index (χ2v) is 7.12. The summed E-state index contributed by atoms with van der Waals surface area (Å²) in [6, 6.07) is 15.5. The van der Waals surface area contributed by atoms with E-state index in [1.54, 1.807) is 4.90 Å². The number of nitrogens with zero attached hydrogens (tertiary/aromatic N) is 1. The molecule has 1 N–H and O–H groups in total. The number of hydrogen-bond donors (Lipinski definition) is 1. The van der Waals surface area contributed by atoms with Crippen LogP contribution in [0, 0.1) is 6.92 Å². The molecule has 0 unspecified atom stereocenters. The van der Waals surface area contributed by atoms with E-state index >= 15 is 0 Å². The fraction of sp³-hybridized carbons (Fsp3) is 0.381. The maximum absolute atomic E-state index is 12.3. The Labute approximate surface area is 165 Å². The number of benzene rings is 2. The van der Waals surface area contributed by atoms with Crippen LogP contribution >= 0.6 is 11.6 Å². The van der Waals surface area contributed by atoms with E-state index < -0.39 is 0 Å². The van der Waals surface area contributed by atoms with Gasteiger partial charge in [0.2, 0.25) is 0 Å². The number of nitrogens with one attached hydrogen (secondary N) is 1.